The molecule has 3 rings (SSSR count). The molecule has 0 aliphatic heterocycles. The summed E-state index contributed by atoms with van der Waals surface area (Å²) < 4.78 is 77.5. The predicted octanol–water partition coefficient (Wildman–Crippen LogP) is 6.13. The summed E-state index contributed by atoms with van der Waals surface area (Å²) in [7, 11) is 0. The second-order valence-corrected chi connectivity index (χ2v) is 7.10. The molecule has 0 radical (unpaired) electrons. The molecule has 2 aromatic carbocycles. The van der Waals surface area contributed by atoms with Gasteiger partial charge >= 0.3 is 12.4 Å². The Morgan fingerprint density at radius 1 is 0.867 bits per heavy atom. The lowest BCUT2D eigenvalue weighted by Crippen LogP contribution is -2.11. The van der Waals surface area contributed by atoms with Crippen molar-refractivity contribution < 1.29 is 26.3 Å². The van der Waals surface area contributed by atoms with Gasteiger partial charge in [0.2, 0.25) is 0 Å². The Labute approximate surface area is 171 Å². The van der Waals surface area contributed by atoms with Crippen LogP contribution in [0, 0.1) is 0 Å². The molecule has 0 unspecified atom stereocenters. The van der Waals surface area contributed by atoms with Crippen LogP contribution in [0.5, 0.6) is 0 Å². The van der Waals surface area contributed by atoms with Crippen LogP contribution in [0.1, 0.15) is 16.8 Å². The molecule has 30 heavy (non-hydrogen) atoms. The molecule has 1 heterocycles. The van der Waals surface area contributed by atoms with Gasteiger partial charge in [-0.25, -0.2) is 9.97 Å². The Morgan fingerprint density at radius 2 is 1.57 bits per heavy atom. The minimum atomic E-state index is -4.70. The monoisotopic (exact) mass is 444 g/mol. The lowest BCUT2D eigenvalue weighted by molar-refractivity contribution is -0.141. The summed E-state index contributed by atoms with van der Waals surface area (Å²) in [4.78, 5) is 7.58. The average Bonchev–Trinajstić information content (AvgIpc) is 2.65. The topological polar surface area (TPSA) is 63.8 Å². The molecule has 0 atom stereocenters. The fourth-order valence-corrected chi connectivity index (χ4v) is 3.22. The van der Waals surface area contributed by atoms with Crippen molar-refractivity contribution in [2.75, 3.05) is 11.1 Å². The molecule has 3 N–H and O–H groups in total. The summed E-state index contributed by atoms with van der Waals surface area (Å²) in [6.07, 6.45) is -9.16. The third kappa shape index (κ3) is 5.78. The fraction of sp³-hybridized carbons (Fsp3) is 0.158. The van der Waals surface area contributed by atoms with Gasteiger partial charge in [-0.15, -0.1) is 0 Å². The van der Waals surface area contributed by atoms with Crippen LogP contribution in [0.3, 0.4) is 0 Å². The van der Waals surface area contributed by atoms with Crippen LogP contribution in [-0.4, -0.2) is 9.97 Å². The normalized spacial score (nSPS) is 12.1. The Balaban J connectivity index is 1.81. The highest BCUT2D eigenvalue weighted by Gasteiger charge is 2.34. The zero-order valence-corrected chi connectivity index (χ0v) is 15.9. The Morgan fingerprint density at radius 3 is 2.17 bits per heavy atom. The highest BCUT2D eigenvalue weighted by molar-refractivity contribution is 7.98. The van der Waals surface area contributed by atoms with Crippen molar-refractivity contribution in [2.24, 2.45) is 0 Å². The highest BCUT2D eigenvalue weighted by Crippen LogP contribution is 2.33. The number of nitrogens with one attached hydrogen (secondary N) is 1. The zero-order valence-electron chi connectivity index (χ0n) is 15.1. The molecular weight excluding hydrogens is 430 g/mol. The van der Waals surface area contributed by atoms with Gasteiger partial charge in [-0.05, 0) is 35.9 Å². The van der Waals surface area contributed by atoms with Crippen molar-refractivity contribution >= 4 is 29.0 Å². The minimum absolute atomic E-state index is 0.0853. The Hall–Kier alpha value is -2.95. The molecule has 0 saturated heterocycles. The second kappa shape index (κ2) is 8.42. The van der Waals surface area contributed by atoms with E-state index in [1.807, 2.05) is 0 Å². The number of rotatable bonds is 5. The molecule has 11 heteroatoms. The zero-order chi connectivity index (χ0) is 21.9. The number of nitrogens with two attached hydrogens (primary N) is 1. The van der Waals surface area contributed by atoms with Gasteiger partial charge in [-0.3, -0.25) is 0 Å². The lowest BCUT2D eigenvalue weighted by atomic mass is 10.1. The van der Waals surface area contributed by atoms with Crippen LogP contribution in [0.4, 0.5) is 43.5 Å². The Bertz CT molecular complexity index is 1020. The summed E-state index contributed by atoms with van der Waals surface area (Å²) in [5.41, 5.74) is 5.07. The number of nitrogens with zero attached hydrogens (tertiary/aromatic N) is 2. The maximum Gasteiger partial charge on any atom is 0.433 e. The smallest absolute Gasteiger partial charge is 0.399 e. The van der Waals surface area contributed by atoms with Crippen molar-refractivity contribution in [3.63, 3.8) is 0 Å². The van der Waals surface area contributed by atoms with Crippen LogP contribution < -0.4 is 11.1 Å². The van der Waals surface area contributed by atoms with Gasteiger partial charge in [0.05, 0.1) is 5.56 Å². The van der Waals surface area contributed by atoms with Crippen LogP contribution in [0.25, 0.3) is 0 Å². The van der Waals surface area contributed by atoms with E-state index in [0.29, 0.717) is 16.9 Å². The molecule has 0 aliphatic rings. The van der Waals surface area contributed by atoms with Crippen molar-refractivity contribution in [1.82, 2.24) is 9.97 Å². The molecular formula is C19H14F6N4S. The predicted molar refractivity (Wildman–Crippen MR) is 102 cm³/mol. The van der Waals surface area contributed by atoms with E-state index in [4.69, 9.17) is 5.73 Å². The van der Waals surface area contributed by atoms with Gasteiger partial charge in [-0.1, -0.05) is 30.0 Å². The van der Waals surface area contributed by atoms with E-state index in [9.17, 15) is 26.3 Å². The van der Waals surface area contributed by atoms with Gasteiger partial charge in [0, 0.05) is 23.2 Å². The highest BCUT2D eigenvalue weighted by atomic mass is 32.2. The number of benzene rings is 2. The summed E-state index contributed by atoms with van der Waals surface area (Å²) >= 11 is 0.877. The molecule has 0 aliphatic carbocycles. The number of hydrogen-bond acceptors (Lipinski definition) is 5. The quantitative estimate of drug-likeness (QED) is 0.214. The number of hydrogen-bond donors (Lipinski definition) is 2. The summed E-state index contributed by atoms with van der Waals surface area (Å²) in [5, 5.41) is 2.58. The minimum Gasteiger partial charge on any atom is -0.399 e. The van der Waals surface area contributed by atoms with Gasteiger partial charge in [0.15, 0.2) is 10.9 Å². The van der Waals surface area contributed by atoms with Crippen LogP contribution >= 0.6 is 11.8 Å². The van der Waals surface area contributed by atoms with Gasteiger partial charge < -0.3 is 11.1 Å². The van der Waals surface area contributed by atoms with Crippen LogP contribution in [0.15, 0.2) is 59.8 Å². The van der Waals surface area contributed by atoms with Crippen molar-refractivity contribution in [2.45, 2.75) is 23.3 Å². The number of nitrogen functional groups attached to an aromatic ring is 1. The lowest BCUT2D eigenvalue weighted by Gasteiger charge is -2.12. The second-order valence-electron chi connectivity index (χ2n) is 6.15. The first-order valence-electron chi connectivity index (χ1n) is 8.38. The van der Waals surface area contributed by atoms with E-state index >= 15 is 0 Å². The molecule has 0 bridgehead atoms. The van der Waals surface area contributed by atoms with Gasteiger partial charge in [-0.2, -0.15) is 26.3 Å². The third-order valence-corrected chi connectivity index (χ3v) is 4.72. The molecule has 0 saturated carbocycles. The van der Waals surface area contributed by atoms with Crippen LogP contribution in [0.2, 0.25) is 0 Å². The molecule has 4 nitrogen and oxygen atoms in total. The molecule has 0 amide bonds. The van der Waals surface area contributed by atoms with E-state index in [0.717, 1.165) is 30.0 Å². The summed E-state index contributed by atoms with van der Waals surface area (Å²) in [5.74, 6) is 0.00909. The van der Waals surface area contributed by atoms with Crippen LogP contribution in [-0.2, 0) is 18.1 Å². The first kappa shape index (κ1) is 21.8. The number of aromatic nitrogens is 2. The molecule has 158 valence electrons. The third-order valence-electron chi connectivity index (χ3n) is 3.80. The maximum atomic E-state index is 13.2. The first-order chi connectivity index (χ1) is 14.0. The standard InChI is InChI=1S/C19H14F6N4S/c20-18(21,22)12-6-4-11(5-7-12)10-30-17-28-15(19(23,24)25)9-16(29-17)27-14-3-1-2-13(26)8-14/h1-9H,10,26H2,(H,27,28,29). The largest absolute Gasteiger partial charge is 0.433 e. The van der Waals surface area contributed by atoms with Crippen molar-refractivity contribution in [3.8, 4) is 0 Å². The van der Waals surface area contributed by atoms with E-state index in [1.54, 1.807) is 18.2 Å². The molecule has 0 spiro atoms. The molecule has 1 aromatic heterocycles. The van der Waals surface area contributed by atoms with Crippen molar-refractivity contribution in [3.05, 3.63) is 71.4 Å². The van der Waals surface area contributed by atoms with Gasteiger partial charge in [0.25, 0.3) is 0 Å². The van der Waals surface area contributed by atoms with E-state index < -0.39 is 23.6 Å². The number of anilines is 3. The number of halogens is 6. The molecule has 0 fully saturated rings. The SMILES string of the molecule is Nc1cccc(Nc2cc(C(F)(F)F)nc(SCc3ccc(C(F)(F)F)cc3)n2)c1. The number of alkyl halides is 6. The van der Waals surface area contributed by atoms with E-state index in [2.05, 4.69) is 15.3 Å². The summed E-state index contributed by atoms with van der Waals surface area (Å²) in [6.45, 7) is 0. The maximum absolute atomic E-state index is 13.2. The Kier molecular flexibility index (Phi) is 6.11. The number of thioether (sulfide) groups is 1. The van der Waals surface area contributed by atoms with Gasteiger partial charge in [0.1, 0.15) is 5.82 Å². The van der Waals surface area contributed by atoms with Crippen molar-refractivity contribution in [1.29, 1.82) is 0 Å². The van der Waals surface area contributed by atoms with E-state index in [-0.39, 0.29) is 16.7 Å². The fourth-order valence-electron chi connectivity index (χ4n) is 2.40. The average molecular weight is 444 g/mol. The molecule has 3 aromatic rings. The van der Waals surface area contributed by atoms with E-state index in [1.165, 1.54) is 18.2 Å². The summed E-state index contributed by atoms with van der Waals surface area (Å²) in [6, 6.07) is 11.5. The first-order valence-corrected chi connectivity index (χ1v) is 9.37.